The lowest BCUT2D eigenvalue weighted by molar-refractivity contribution is 0.502. The van der Waals surface area contributed by atoms with Crippen molar-refractivity contribution in [1.82, 2.24) is 9.34 Å². The van der Waals surface area contributed by atoms with Gasteiger partial charge in [0.15, 0.2) is 14.6 Å². The van der Waals surface area contributed by atoms with Crippen molar-refractivity contribution in [2.45, 2.75) is 120 Å². The fraction of sp³-hybridized carbons (Fsp3) is 0.458. The Kier molecular flexibility index (Phi) is 16.8. The molecule has 0 radical (unpaired) electrons. The average molecular weight is 771 g/mol. The number of allylic oxidation sites excluding steroid dienone is 2. The smallest absolute Gasteiger partial charge is 0.171 e. The van der Waals surface area contributed by atoms with Crippen LogP contribution in [-0.2, 0) is 9.13 Å². The number of hydrogen-bond donors (Lipinski definition) is 0. The maximum atomic E-state index is 14.3. The van der Waals surface area contributed by atoms with Gasteiger partial charge in [-0.15, -0.1) is 0 Å². The molecule has 0 saturated carbocycles. The minimum atomic E-state index is -2.66. The van der Waals surface area contributed by atoms with Crippen LogP contribution in [0, 0.1) is 55.4 Å². The highest BCUT2D eigenvalue weighted by molar-refractivity contribution is 7.63. The maximum Gasteiger partial charge on any atom is 0.171 e. The van der Waals surface area contributed by atoms with Crippen LogP contribution in [0.25, 0.3) is 0 Å². The highest BCUT2D eigenvalue weighted by Gasteiger charge is 2.49. The molecule has 0 spiro atoms. The molecule has 1 unspecified atom stereocenters. The van der Waals surface area contributed by atoms with Crippen LogP contribution in [0.5, 0.6) is 0 Å². The number of hydrogen-bond acceptors (Lipinski definition) is 2. The van der Waals surface area contributed by atoms with E-state index in [1.165, 1.54) is 55.6 Å². The van der Waals surface area contributed by atoms with E-state index in [1.54, 1.807) is 0 Å². The minimum absolute atomic E-state index is 0. The molecule has 0 aromatic heterocycles. The lowest BCUT2D eigenvalue weighted by Gasteiger charge is -2.33. The number of rotatable bonds is 6. The molecule has 0 bridgehead atoms. The number of nitrogens with zero attached hydrogens (tertiary/aromatic N) is 2. The molecule has 2 aliphatic heterocycles. The van der Waals surface area contributed by atoms with E-state index in [0.29, 0.717) is 0 Å². The standard InChI is InChI=1S/C22H30NOP.C22H28NOP.C2H6.2CH4/c2*1-15-9-16(2)12-19(11-15)21-7-8-22(25(21,24)23(5)6)20-13-17(3)10-18(4)14-20;1-2;;/h9-14,21-22H,7-8H2,1-6H3;7-14,21-22H,1-6H3;1-2H3;2*1H4/t21-,22-;21-,22+,25?;;;/m0..../s1. The normalized spacial score (nSPS) is 22.4. The molecule has 296 valence electrons. The van der Waals surface area contributed by atoms with Gasteiger partial charge in [-0.05, 0) is 119 Å². The molecule has 0 N–H and O–H groups in total. The quantitative estimate of drug-likeness (QED) is 0.145. The molecule has 4 aromatic carbocycles. The Morgan fingerprint density at radius 3 is 0.852 bits per heavy atom. The predicted molar refractivity (Wildman–Crippen MR) is 240 cm³/mol. The zero-order chi connectivity index (χ0) is 38.7. The molecule has 1 saturated heterocycles. The SMILES string of the molecule is C.C.CC.Cc1cc(C)cc([C@@H]2CC[C@@H](c3cc(C)cc(C)c3)P2(=O)N(C)C)c1.Cc1cc(C)cc([C@H]2C=C[C@@H](c3cc(C)cc(C)c3)P2(=O)N(C)C)c1. The van der Waals surface area contributed by atoms with E-state index in [1.807, 2.05) is 51.4 Å². The van der Waals surface area contributed by atoms with Crippen LogP contribution >= 0.6 is 14.6 Å². The van der Waals surface area contributed by atoms with Crippen LogP contribution in [0.3, 0.4) is 0 Å². The van der Waals surface area contributed by atoms with E-state index >= 15 is 0 Å². The van der Waals surface area contributed by atoms with Gasteiger partial charge in [-0.1, -0.05) is 158 Å². The van der Waals surface area contributed by atoms with E-state index < -0.39 is 14.6 Å². The van der Waals surface area contributed by atoms with Crippen LogP contribution < -0.4 is 0 Å². The third kappa shape index (κ3) is 9.86. The van der Waals surface area contributed by atoms with Gasteiger partial charge < -0.3 is 9.13 Å². The summed E-state index contributed by atoms with van der Waals surface area (Å²) in [6, 6.07) is 26.4. The Balaban J connectivity index is 0.000000345. The topological polar surface area (TPSA) is 40.6 Å². The molecular weight excluding hydrogens is 698 g/mol. The molecule has 54 heavy (non-hydrogen) atoms. The van der Waals surface area contributed by atoms with E-state index in [0.717, 1.165) is 24.0 Å². The summed E-state index contributed by atoms with van der Waals surface area (Å²) < 4.78 is 32.6. The summed E-state index contributed by atoms with van der Waals surface area (Å²) in [6.45, 7) is 21.0. The lowest BCUT2D eigenvalue weighted by atomic mass is 9.99. The van der Waals surface area contributed by atoms with Gasteiger partial charge in [0.2, 0.25) is 0 Å². The molecule has 5 atom stereocenters. The van der Waals surface area contributed by atoms with Crippen molar-refractivity contribution in [3.8, 4) is 0 Å². The zero-order valence-electron chi connectivity index (χ0n) is 34.4. The van der Waals surface area contributed by atoms with E-state index in [2.05, 4.69) is 140 Å². The molecule has 4 aromatic rings. The van der Waals surface area contributed by atoms with Crippen LogP contribution in [0.1, 0.15) is 131 Å². The predicted octanol–water partition coefficient (Wildman–Crippen LogP) is 14.7. The van der Waals surface area contributed by atoms with Crippen molar-refractivity contribution in [3.63, 3.8) is 0 Å². The van der Waals surface area contributed by atoms with E-state index in [9.17, 15) is 9.13 Å². The Morgan fingerprint density at radius 2 is 0.630 bits per heavy atom. The third-order valence-corrected chi connectivity index (χ3v) is 18.5. The molecule has 0 aliphatic carbocycles. The summed E-state index contributed by atoms with van der Waals surface area (Å²) in [5.74, 6) is 0. The highest BCUT2D eigenvalue weighted by Crippen LogP contribution is 2.77. The summed E-state index contributed by atoms with van der Waals surface area (Å²) in [7, 11) is 2.69. The van der Waals surface area contributed by atoms with Crippen molar-refractivity contribution in [3.05, 3.63) is 152 Å². The molecule has 1 fully saturated rings. The Hall–Kier alpha value is -3.00. The Bertz CT molecular complexity index is 1790. The summed E-state index contributed by atoms with van der Waals surface area (Å²) in [4.78, 5) is 0. The molecule has 6 heteroatoms. The van der Waals surface area contributed by atoms with Gasteiger partial charge in [0, 0.05) is 0 Å². The molecule has 2 heterocycles. The monoisotopic (exact) mass is 771 g/mol. The molecule has 4 nitrogen and oxygen atoms in total. The maximum absolute atomic E-state index is 14.3. The largest absolute Gasteiger partial charge is 0.305 e. The van der Waals surface area contributed by atoms with Gasteiger partial charge in [-0.25, -0.2) is 0 Å². The summed E-state index contributed by atoms with van der Waals surface area (Å²) >= 11 is 0. The second kappa shape index (κ2) is 19.2. The average Bonchev–Trinajstić information content (AvgIpc) is 3.59. The Labute approximate surface area is 331 Å². The van der Waals surface area contributed by atoms with Gasteiger partial charge in [0.05, 0.1) is 22.6 Å². The van der Waals surface area contributed by atoms with E-state index in [-0.39, 0.29) is 37.5 Å². The summed E-state index contributed by atoms with van der Waals surface area (Å²) in [6.07, 6.45) is 6.32. The van der Waals surface area contributed by atoms with Gasteiger partial charge in [0.1, 0.15) is 0 Å². The first-order chi connectivity index (χ1) is 24.4. The van der Waals surface area contributed by atoms with Crippen molar-refractivity contribution in [2.75, 3.05) is 28.2 Å². The van der Waals surface area contributed by atoms with Gasteiger partial charge in [-0.3, -0.25) is 9.34 Å². The van der Waals surface area contributed by atoms with Crippen molar-refractivity contribution in [1.29, 1.82) is 0 Å². The van der Waals surface area contributed by atoms with Crippen molar-refractivity contribution in [2.24, 2.45) is 0 Å². The summed E-state index contributed by atoms with van der Waals surface area (Å²) in [5.41, 5.74) is 14.9. The van der Waals surface area contributed by atoms with E-state index in [4.69, 9.17) is 0 Å². The van der Waals surface area contributed by atoms with Crippen molar-refractivity contribution >= 4 is 14.6 Å². The Morgan fingerprint density at radius 1 is 0.407 bits per heavy atom. The fourth-order valence-electron chi connectivity index (χ4n) is 8.76. The van der Waals surface area contributed by atoms with Gasteiger partial charge in [0.25, 0.3) is 0 Å². The molecule has 2 aliphatic rings. The van der Waals surface area contributed by atoms with Crippen LogP contribution in [0.2, 0.25) is 0 Å². The first-order valence-corrected chi connectivity index (χ1v) is 22.6. The summed E-state index contributed by atoms with van der Waals surface area (Å²) in [5, 5.41) is 0. The zero-order valence-corrected chi connectivity index (χ0v) is 36.2. The molecular formula is C48H72N2O2P2. The highest BCUT2D eigenvalue weighted by atomic mass is 31.2. The molecule has 6 rings (SSSR count). The van der Waals surface area contributed by atoms with Gasteiger partial charge >= 0.3 is 0 Å². The lowest BCUT2D eigenvalue weighted by Crippen LogP contribution is -2.15. The van der Waals surface area contributed by atoms with Crippen molar-refractivity contribution < 1.29 is 9.13 Å². The number of aryl methyl sites for hydroxylation is 8. The van der Waals surface area contributed by atoms with Crippen LogP contribution in [0.4, 0.5) is 0 Å². The second-order valence-corrected chi connectivity index (χ2v) is 22.3. The van der Waals surface area contributed by atoms with Gasteiger partial charge in [-0.2, -0.15) is 0 Å². The first kappa shape index (κ1) is 47.2. The fourth-order valence-corrected chi connectivity index (χ4v) is 15.7. The third-order valence-electron chi connectivity index (χ3n) is 10.6. The minimum Gasteiger partial charge on any atom is -0.305 e. The molecule has 0 amide bonds. The van der Waals surface area contributed by atoms with Crippen LogP contribution in [0.15, 0.2) is 84.9 Å². The van der Waals surface area contributed by atoms with Crippen LogP contribution in [-0.4, -0.2) is 37.5 Å². The number of benzene rings is 4. The first-order valence-electron chi connectivity index (χ1n) is 19.0. The second-order valence-electron chi connectivity index (χ2n) is 15.6.